The first kappa shape index (κ1) is 36.7. The lowest BCUT2D eigenvalue weighted by Crippen LogP contribution is -2.36. The normalized spacial score (nSPS) is 14.3. The Morgan fingerprint density at radius 2 is 0.844 bits per heavy atom. The molecule has 13 rings (SSSR count). The number of rotatable bonds is 5. The first-order valence-electron chi connectivity index (χ1n) is 22.4. The monoisotopic (exact) mass is 816 g/mol. The van der Waals surface area contributed by atoms with E-state index in [1.807, 2.05) is 0 Å². The van der Waals surface area contributed by atoms with E-state index in [2.05, 4.69) is 254 Å². The lowest BCUT2D eigenvalue weighted by atomic mass is 9.64. The van der Waals surface area contributed by atoms with Crippen LogP contribution in [0.15, 0.2) is 231 Å². The molecule has 1 heterocycles. The van der Waals surface area contributed by atoms with Crippen LogP contribution in [0.2, 0.25) is 0 Å². The number of nitrogens with zero attached hydrogens (tertiary/aromatic N) is 2. The molecule has 10 aromatic carbocycles. The number of benzene rings is 10. The summed E-state index contributed by atoms with van der Waals surface area (Å²) in [6.07, 6.45) is 0. The second-order valence-corrected chi connectivity index (χ2v) is 18.0. The van der Waals surface area contributed by atoms with Gasteiger partial charge in [-0.05, 0) is 144 Å². The van der Waals surface area contributed by atoms with Gasteiger partial charge in [-0.2, -0.15) is 0 Å². The molecule has 0 saturated carbocycles. The summed E-state index contributed by atoms with van der Waals surface area (Å²) in [6.45, 7) is 4.79. The maximum Gasteiger partial charge on any atom is 0.0755 e. The van der Waals surface area contributed by atoms with Gasteiger partial charge in [0.15, 0.2) is 0 Å². The van der Waals surface area contributed by atoms with E-state index in [-0.39, 0.29) is 5.41 Å². The highest BCUT2D eigenvalue weighted by Crippen LogP contribution is 2.64. The van der Waals surface area contributed by atoms with Gasteiger partial charge in [0.2, 0.25) is 0 Å². The van der Waals surface area contributed by atoms with Crippen LogP contribution in [0.25, 0.3) is 44.2 Å². The second-order valence-electron chi connectivity index (χ2n) is 18.0. The van der Waals surface area contributed by atoms with Crippen molar-refractivity contribution < 1.29 is 0 Å². The van der Waals surface area contributed by atoms with E-state index in [1.54, 1.807) is 0 Å². The van der Waals surface area contributed by atoms with Crippen molar-refractivity contribution in [3.05, 3.63) is 264 Å². The Balaban J connectivity index is 0.995. The third kappa shape index (κ3) is 5.08. The molecule has 1 aliphatic heterocycles. The summed E-state index contributed by atoms with van der Waals surface area (Å²) in [5.41, 5.74) is 21.8. The zero-order valence-electron chi connectivity index (χ0n) is 35.8. The summed E-state index contributed by atoms with van der Waals surface area (Å²) in [5.74, 6) is 0. The Hall–Kier alpha value is -7.94. The van der Waals surface area contributed by atoms with Crippen LogP contribution in [0, 0.1) is 0 Å². The lowest BCUT2D eigenvalue weighted by Gasteiger charge is -2.45. The van der Waals surface area contributed by atoms with Crippen LogP contribution in [0.3, 0.4) is 0 Å². The highest BCUT2D eigenvalue weighted by molar-refractivity contribution is 5.99. The predicted octanol–water partition coefficient (Wildman–Crippen LogP) is 16.4. The number of hydrogen-bond acceptors (Lipinski definition) is 2. The summed E-state index contributed by atoms with van der Waals surface area (Å²) in [4.78, 5) is 4.92. The van der Waals surface area contributed by atoms with Crippen molar-refractivity contribution in [1.29, 1.82) is 0 Å². The zero-order valence-corrected chi connectivity index (χ0v) is 35.8. The number of fused-ring (bicyclic) bond motifs is 13. The molecule has 2 nitrogen and oxygen atoms in total. The maximum absolute atomic E-state index is 2.50. The molecule has 0 N–H and O–H groups in total. The minimum absolute atomic E-state index is 0.215. The summed E-state index contributed by atoms with van der Waals surface area (Å²) >= 11 is 0. The van der Waals surface area contributed by atoms with Crippen LogP contribution in [-0.4, -0.2) is 0 Å². The Bertz CT molecular complexity index is 3440. The van der Waals surface area contributed by atoms with Gasteiger partial charge < -0.3 is 9.80 Å². The lowest BCUT2D eigenvalue weighted by molar-refractivity contribution is 0.660. The summed E-state index contributed by atoms with van der Waals surface area (Å²) in [6, 6.07) is 85.8. The van der Waals surface area contributed by atoms with Crippen LogP contribution in [0.5, 0.6) is 0 Å². The van der Waals surface area contributed by atoms with E-state index in [4.69, 9.17) is 0 Å². The molecule has 0 atom stereocenters. The molecule has 3 aliphatic rings. The molecule has 1 spiro atoms. The smallest absolute Gasteiger partial charge is 0.0755 e. The second kappa shape index (κ2) is 13.8. The number of para-hydroxylation sites is 4. The van der Waals surface area contributed by atoms with E-state index < -0.39 is 5.41 Å². The average molecular weight is 817 g/mol. The molecule has 0 saturated heterocycles. The molecule has 2 heteroatoms. The van der Waals surface area contributed by atoms with Crippen LogP contribution in [-0.2, 0) is 10.8 Å². The van der Waals surface area contributed by atoms with Crippen molar-refractivity contribution >= 4 is 44.9 Å². The molecule has 302 valence electrons. The molecule has 0 amide bonds. The van der Waals surface area contributed by atoms with Crippen molar-refractivity contribution in [3.63, 3.8) is 0 Å². The van der Waals surface area contributed by atoms with Gasteiger partial charge >= 0.3 is 0 Å². The highest BCUT2D eigenvalue weighted by Gasteiger charge is 2.52. The van der Waals surface area contributed by atoms with Gasteiger partial charge in [0.1, 0.15) is 0 Å². The average Bonchev–Trinajstić information content (AvgIpc) is 3.76. The summed E-state index contributed by atoms with van der Waals surface area (Å²) < 4.78 is 0. The molecule has 0 fully saturated rings. The van der Waals surface area contributed by atoms with Gasteiger partial charge in [0.05, 0.1) is 16.8 Å². The van der Waals surface area contributed by atoms with Gasteiger partial charge in [-0.1, -0.05) is 178 Å². The van der Waals surface area contributed by atoms with E-state index >= 15 is 0 Å². The molecule has 2 aliphatic carbocycles. The van der Waals surface area contributed by atoms with Gasteiger partial charge in [0, 0.05) is 28.2 Å². The van der Waals surface area contributed by atoms with Crippen molar-refractivity contribution in [3.8, 4) is 33.4 Å². The molecule has 0 aromatic heterocycles. The molecule has 10 aromatic rings. The fraction of sp³-hybridized carbons (Fsp3) is 0.0645. The quantitative estimate of drug-likeness (QED) is 0.171. The van der Waals surface area contributed by atoms with E-state index in [1.165, 1.54) is 88.9 Å². The zero-order chi connectivity index (χ0) is 42.6. The fourth-order valence-corrected chi connectivity index (χ4v) is 11.6. The minimum atomic E-state index is -0.549. The van der Waals surface area contributed by atoms with E-state index in [9.17, 15) is 0 Å². The van der Waals surface area contributed by atoms with Crippen LogP contribution < -0.4 is 9.80 Å². The maximum atomic E-state index is 2.50. The Morgan fingerprint density at radius 3 is 1.56 bits per heavy atom. The third-order valence-electron chi connectivity index (χ3n) is 14.4. The van der Waals surface area contributed by atoms with E-state index in [0.717, 1.165) is 22.7 Å². The molecule has 0 unspecified atom stereocenters. The Morgan fingerprint density at radius 1 is 0.344 bits per heavy atom. The van der Waals surface area contributed by atoms with Crippen LogP contribution in [0.4, 0.5) is 34.1 Å². The minimum Gasteiger partial charge on any atom is -0.310 e. The first-order chi connectivity index (χ1) is 31.5. The molecular formula is C62H44N2. The van der Waals surface area contributed by atoms with Crippen LogP contribution in [0.1, 0.15) is 47.2 Å². The summed E-state index contributed by atoms with van der Waals surface area (Å²) in [7, 11) is 0. The largest absolute Gasteiger partial charge is 0.310 e. The molecule has 0 bridgehead atoms. The van der Waals surface area contributed by atoms with Crippen LogP contribution >= 0.6 is 0 Å². The summed E-state index contributed by atoms with van der Waals surface area (Å²) in [5, 5.41) is 2.55. The predicted molar refractivity (Wildman–Crippen MR) is 267 cm³/mol. The van der Waals surface area contributed by atoms with E-state index in [0.29, 0.717) is 0 Å². The fourth-order valence-electron chi connectivity index (χ4n) is 11.6. The molecular weight excluding hydrogens is 773 g/mol. The van der Waals surface area contributed by atoms with Crippen molar-refractivity contribution in [2.75, 3.05) is 9.80 Å². The third-order valence-corrected chi connectivity index (χ3v) is 14.4. The number of hydrogen-bond donors (Lipinski definition) is 0. The molecule has 64 heavy (non-hydrogen) atoms. The van der Waals surface area contributed by atoms with Gasteiger partial charge in [-0.15, -0.1) is 0 Å². The van der Waals surface area contributed by atoms with Crippen molar-refractivity contribution in [2.45, 2.75) is 24.7 Å². The first-order valence-corrected chi connectivity index (χ1v) is 22.4. The van der Waals surface area contributed by atoms with Gasteiger partial charge in [-0.25, -0.2) is 0 Å². The van der Waals surface area contributed by atoms with Crippen molar-refractivity contribution in [1.82, 2.24) is 0 Å². The highest BCUT2D eigenvalue weighted by atomic mass is 15.2. The SMILES string of the molecule is CC1(C)c2cc(-c3cccc4ccccc34)ccc2-c2ccc(N(c3ccccc3)c3ccc4c(c3)C3(c5ccccc5-4)c4ccccc4N(c4ccccc4)c4ccccc43)cc21. The topological polar surface area (TPSA) is 6.48 Å². The van der Waals surface area contributed by atoms with Gasteiger partial charge in [0.25, 0.3) is 0 Å². The van der Waals surface area contributed by atoms with Crippen molar-refractivity contribution in [2.24, 2.45) is 0 Å². The Labute approximate surface area is 375 Å². The standard InChI is InChI=1S/C62H44N2/c1-61(2)56-38-42(48-26-17-19-41-18-9-10-24-47(41)48)32-35-50(56)51-36-33-45(39-57(51)61)63(43-20-5-3-6-21-43)46-34-37-52-49-25-11-12-27-53(49)62(58(52)40-46)54-28-13-15-30-59(54)64(44-22-7-4-8-23-44)60-31-16-14-29-55(60)62/h3-40H,1-2H3. The Kier molecular flexibility index (Phi) is 7.90. The van der Waals surface area contributed by atoms with Gasteiger partial charge in [-0.3, -0.25) is 0 Å². The molecule has 0 radical (unpaired) electrons. The number of anilines is 6.